The summed E-state index contributed by atoms with van der Waals surface area (Å²) in [4.78, 5) is 1.06. The Morgan fingerprint density at radius 2 is 1.49 bits per heavy atom. The van der Waals surface area contributed by atoms with Crippen molar-refractivity contribution in [1.29, 1.82) is 0 Å². The highest BCUT2D eigenvalue weighted by Gasteiger charge is 2.26. The maximum absolute atomic E-state index is 13.7. The molecule has 0 aliphatic carbocycles. The van der Waals surface area contributed by atoms with Gasteiger partial charge in [0.2, 0.25) is 10.0 Å². The molecule has 1 atom stereocenters. The van der Waals surface area contributed by atoms with Gasteiger partial charge in [0.1, 0.15) is 0 Å². The van der Waals surface area contributed by atoms with Crippen LogP contribution in [-0.4, -0.2) is 21.6 Å². The van der Waals surface area contributed by atoms with Crippen LogP contribution in [0.2, 0.25) is 0 Å². The molecule has 186 valence electrons. The average Bonchev–Trinajstić information content (AvgIpc) is 3.23. The molecule has 6 rings (SSSR count). The van der Waals surface area contributed by atoms with Gasteiger partial charge in [-0.3, -0.25) is 0 Å². The molecule has 0 spiro atoms. The number of ether oxygens (including phenoxy) is 2. The third-order valence-corrected chi connectivity index (χ3v) is 9.04. The fourth-order valence-corrected chi connectivity index (χ4v) is 7.11. The quantitative estimate of drug-likeness (QED) is 0.264. The molecule has 0 saturated heterocycles. The Morgan fingerprint density at radius 3 is 2.27 bits per heavy atom. The topological polar surface area (TPSA) is 64.6 Å². The van der Waals surface area contributed by atoms with Gasteiger partial charge in [0, 0.05) is 22.1 Å². The zero-order valence-corrected chi connectivity index (χ0v) is 21.6. The summed E-state index contributed by atoms with van der Waals surface area (Å²) in [6, 6.07) is 32.4. The maximum atomic E-state index is 13.7. The third-order valence-electron chi connectivity index (χ3n) is 6.37. The Bertz CT molecular complexity index is 1650. The number of hydrogen-bond donors (Lipinski definition) is 1. The normalized spacial score (nSPS) is 14.3. The highest BCUT2D eigenvalue weighted by Crippen LogP contribution is 2.40. The van der Waals surface area contributed by atoms with Crippen LogP contribution in [0.4, 0.5) is 0 Å². The first kappa shape index (κ1) is 23.7. The first-order valence-electron chi connectivity index (χ1n) is 12.1. The minimum atomic E-state index is -3.88. The lowest BCUT2D eigenvalue weighted by Crippen LogP contribution is -2.29. The molecule has 2 heterocycles. The highest BCUT2D eigenvalue weighted by molar-refractivity contribution is 7.89. The summed E-state index contributed by atoms with van der Waals surface area (Å²) in [5.41, 5.74) is 3.13. The van der Waals surface area contributed by atoms with Crippen molar-refractivity contribution in [3.63, 3.8) is 0 Å². The van der Waals surface area contributed by atoms with Gasteiger partial charge in [-0.15, -0.1) is 11.3 Å². The zero-order valence-electron chi connectivity index (χ0n) is 20.0. The second-order valence-corrected chi connectivity index (χ2v) is 11.7. The van der Waals surface area contributed by atoms with Crippen LogP contribution in [0, 0.1) is 0 Å². The third kappa shape index (κ3) is 4.85. The van der Waals surface area contributed by atoms with E-state index in [9.17, 15) is 8.42 Å². The summed E-state index contributed by atoms with van der Waals surface area (Å²) >= 11 is 1.61. The molecule has 1 aromatic heterocycles. The van der Waals surface area contributed by atoms with Gasteiger partial charge in [-0.2, -0.15) is 4.72 Å². The number of rotatable bonds is 6. The molecule has 1 aliphatic rings. The molecule has 4 aromatic carbocycles. The molecule has 5 nitrogen and oxygen atoms in total. The van der Waals surface area contributed by atoms with Crippen LogP contribution < -0.4 is 14.2 Å². The molecule has 1 aliphatic heterocycles. The highest BCUT2D eigenvalue weighted by atomic mass is 32.2. The van der Waals surface area contributed by atoms with E-state index in [2.05, 4.69) is 35.1 Å². The van der Waals surface area contributed by atoms with Crippen molar-refractivity contribution in [1.82, 2.24) is 4.72 Å². The minimum Gasteiger partial charge on any atom is -0.490 e. The van der Waals surface area contributed by atoms with E-state index >= 15 is 0 Å². The van der Waals surface area contributed by atoms with E-state index < -0.39 is 16.1 Å². The summed E-state index contributed by atoms with van der Waals surface area (Å²) in [7, 11) is -3.88. The van der Waals surface area contributed by atoms with Crippen LogP contribution in [0.1, 0.15) is 22.9 Å². The Kier molecular flexibility index (Phi) is 6.42. The van der Waals surface area contributed by atoms with E-state index in [0.717, 1.165) is 38.1 Å². The van der Waals surface area contributed by atoms with Gasteiger partial charge in [0.25, 0.3) is 0 Å². The first-order chi connectivity index (χ1) is 18.1. The largest absolute Gasteiger partial charge is 0.490 e. The van der Waals surface area contributed by atoms with Gasteiger partial charge in [-0.05, 0) is 40.3 Å². The molecule has 1 N–H and O–H groups in total. The van der Waals surface area contributed by atoms with Crippen molar-refractivity contribution in [2.75, 3.05) is 13.2 Å². The number of thiophene rings is 1. The van der Waals surface area contributed by atoms with Gasteiger partial charge in [0.05, 0.1) is 24.2 Å². The fourth-order valence-electron chi connectivity index (χ4n) is 4.54. The molecule has 0 saturated carbocycles. The fraction of sp³-hybridized carbons (Fsp3) is 0.133. The summed E-state index contributed by atoms with van der Waals surface area (Å²) in [5, 5.41) is 1.08. The average molecular weight is 528 g/mol. The molecule has 0 bridgehead atoms. The van der Waals surface area contributed by atoms with Gasteiger partial charge in [-0.1, -0.05) is 78.9 Å². The summed E-state index contributed by atoms with van der Waals surface area (Å²) in [6.07, 6.45) is 0.752. The molecule has 5 aromatic rings. The van der Waals surface area contributed by atoms with E-state index in [1.165, 1.54) is 0 Å². The van der Waals surface area contributed by atoms with Crippen molar-refractivity contribution < 1.29 is 17.9 Å². The number of hydrogen-bond acceptors (Lipinski definition) is 5. The van der Waals surface area contributed by atoms with Crippen LogP contribution in [0.5, 0.6) is 11.5 Å². The molecular formula is C30H25NO4S2. The second kappa shape index (κ2) is 10.0. The standard InChI is InChI=1S/C30H25NO4S2/c32-37(33,24-15-16-26-27(20-24)35-18-8-17-34-26)31-29(22-11-5-2-6-12-22)28-19-23-13-7-14-25(30(23)36-28)21-9-3-1-4-10-21/h1-7,9-16,19-20,29,31H,8,17-18H2/t29-/m1/s1. The van der Waals surface area contributed by atoms with Crippen molar-refractivity contribution in [3.05, 3.63) is 114 Å². The molecule has 0 unspecified atom stereocenters. The lowest BCUT2D eigenvalue weighted by atomic mass is 10.0. The van der Waals surface area contributed by atoms with Gasteiger partial charge in [0.15, 0.2) is 11.5 Å². The predicted molar refractivity (Wildman–Crippen MR) is 148 cm³/mol. The minimum absolute atomic E-state index is 0.142. The Labute approximate surface area is 220 Å². The maximum Gasteiger partial charge on any atom is 0.241 e. The van der Waals surface area contributed by atoms with Gasteiger partial charge in [-0.25, -0.2) is 8.42 Å². The van der Waals surface area contributed by atoms with Gasteiger partial charge < -0.3 is 9.47 Å². The van der Waals surface area contributed by atoms with E-state index in [-0.39, 0.29) is 4.90 Å². The van der Waals surface area contributed by atoms with Gasteiger partial charge >= 0.3 is 0 Å². The number of sulfonamides is 1. The molecule has 0 radical (unpaired) electrons. The molecular weight excluding hydrogens is 502 g/mol. The van der Waals surface area contributed by atoms with Crippen LogP contribution in [0.25, 0.3) is 21.2 Å². The molecule has 0 amide bonds. The van der Waals surface area contributed by atoms with Crippen molar-refractivity contribution in [2.45, 2.75) is 17.4 Å². The Hall–Kier alpha value is -3.65. The molecule has 0 fully saturated rings. The molecule has 37 heavy (non-hydrogen) atoms. The Balaban J connectivity index is 1.42. The lowest BCUT2D eigenvalue weighted by molar-refractivity contribution is 0.297. The summed E-state index contributed by atoms with van der Waals surface area (Å²) in [6.45, 7) is 1.03. The predicted octanol–water partition coefficient (Wildman–Crippen LogP) is 6.80. The van der Waals surface area contributed by atoms with E-state index in [4.69, 9.17) is 9.47 Å². The van der Waals surface area contributed by atoms with Crippen LogP contribution in [0.3, 0.4) is 0 Å². The summed E-state index contributed by atoms with van der Waals surface area (Å²) in [5.74, 6) is 1.01. The van der Waals surface area contributed by atoms with Crippen molar-refractivity contribution in [2.24, 2.45) is 0 Å². The summed E-state index contributed by atoms with van der Waals surface area (Å²) < 4.78 is 42.8. The van der Waals surface area contributed by atoms with Crippen LogP contribution in [-0.2, 0) is 10.0 Å². The zero-order chi connectivity index (χ0) is 25.2. The van der Waals surface area contributed by atoms with E-state index in [1.807, 2.05) is 54.6 Å². The van der Waals surface area contributed by atoms with E-state index in [1.54, 1.807) is 29.5 Å². The number of nitrogens with one attached hydrogen (secondary N) is 1. The monoisotopic (exact) mass is 527 g/mol. The molecule has 7 heteroatoms. The number of fused-ring (bicyclic) bond motifs is 2. The number of benzene rings is 4. The van der Waals surface area contributed by atoms with Crippen molar-refractivity contribution >= 4 is 31.4 Å². The van der Waals surface area contributed by atoms with Crippen LogP contribution in [0.15, 0.2) is 108 Å². The van der Waals surface area contributed by atoms with Crippen molar-refractivity contribution in [3.8, 4) is 22.6 Å². The lowest BCUT2D eigenvalue weighted by Gasteiger charge is -2.19. The van der Waals surface area contributed by atoms with E-state index in [0.29, 0.717) is 24.7 Å². The second-order valence-electron chi connectivity index (χ2n) is 8.86. The Morgan fingerprint density at radius 1 is 0.757 bits per heavy atom. The smallest absolute Gasteiger partial charge is 0.241 e. The van der Waals surface area contributed by atoms with Crippen LogP contribution >= 0.6 is 11.3 Å². The SMILES string of the molecule is O=S(=O)(N[C@H](c1ccccc1)c1cc2cccc(-c3ccccc3)c2s1)c1ccc2c(c1)OCCCO2. The first-order valence-corrected chi connectivity index (χ1v) is 14.4.